The monoisotopic (exact) mass is 1020 g/mol. The maximum Gasteiger partial charge on any atom is 0.305 e. The van der Waals surface area contributed by atoms with Gasteiger partial charge in [-0.25, -0.2) is 0 Å². The Morgan fingerprint density at radius 2 is 0.944 bits per heavy atom. The van der Waals surface area contributed by atoms with E-state index in [0.717, 1.165) is 96.3 Å². The Morgan fingerprint density at radius 1 is 0.514 bits per heavy atom. The third kappa shape index (κ3) is 39.8. The Kier molecular flexibility index (Phi) is 47.3. The molecule has 7 atom stereocenters. The minimum absolute atomic E-state index is 0.0438. The van der Waals surface area contributed by atoms with Crippen molar-refractivity contribution < 1.29 is 49.3 Å². The number of carbonyl (C=O) groups excluding carboxylic acids is 2. The molecule has 7 unspecified atom stereocenters. The Balaban J connectivity index is 2.18. The van der Waals surface area contributed by atoms with Gasteiger partial charge in [0.25, 0.3) is 0 Å². The van der Waals surface area contributed by atoms with E-state index in [-0.39, 0.29) is 18.5 Å². The number of aliphatic hydroxyl groups is 5. The number of unbranched alkanes of at least 4 members (excludes halogenated alkanes) is 28. The lowest BCUT2D eigenvalue weighted by Crippen LogP contribution is -2.60. The quantitative estimate of drug-likeness (QED) is 0.0195. The summed E-state index contributed by atoms with van der Waals surface area (Å²) in [6, 6.07) is -0.841. The fraction of sp³-hybridized carbons (Fsp3) is 0.803. The van der Waals surface area contributed by atoms with Crippen molar-refractivity contribution in [1.82, 2.24) is 5.32 Å². The number of allylic oxidation sites excluding steroid dienone is 9. The molecule has 0 aliphatic carbocycles. The van der Waals surface area contributed by atoms with E-state index >= 15 is 0 Å². The number of hydrogen-bond acceptors (Lipinski definition) is 10. The van der Waals surface area contributed by atoms with E-state index in [1.165, 1.54) is 128 Å². The average molecular weight is 1020 g/mol. The van der Waals surface area contributed by atoms with Crippen molar-refractivity contribution in [2.45, 2.75) is 294 Å². The van der Waals surface area contributed by atoms with Gasteiger partial charge in [0.1, 0.15) is 24.4 Å². The number of hydrogen-bond donors (Lipinski definition) is 6. The normalized spacial score (nSPS) is 19.5. The van der Waals surface area contributed by atoms with Crippen LogP contribution in [0.25, 0.3) is 0 Å². The number of esters is 1. The summed E-state index contributed by atoms with van der Waals surface area (Å²) in [5.41, 5.74) is 0. The molecule has 0 radical (unpaired) electrons. The van der Waals surface area contributed by atoms with Crippen molar-refractivity contribution >= 4 is 11.9 Å². The molecule has 0 saturated carbocycles. The Hall–Kier alpha value is -2.64. The molecule has 1 rings (SSSR count). The number of amides is 1. The highest BCUT2D eigenvalue weighted by molar-refractivity contribution is 5.76. The molecule has 1 saturated heterocycles. The van der Waals surface area contributed by atoms with Crippen LogP contribution in [0.5, 0.6) is 0 Å². The number of nitrogens with one attached hydrogen (secondary N) is 1. The van der Waals surface area contributed by atoms with E-state index in [0.29, 0.717) is 19.4 Å². The summed E-state index contributed by atoms with van der Waals surface area (Å²) in [6.45, 7) is 4.24. The van der Waals surface area contributed by atoms with Gasteiger partial charge in [-0.3, -0.25) is 9.59 Å². The van der Waals surface area contributed by atoms with Crippen LogP contribution < -0.4 is 5.32 Å². The molecule has 1 aliphatic rings. The smallest absolute Gasteiger partial charge is 0.305 e. The van der Waals surface area contributed by atoms with Gasteiger partial charge in [-0.15, -0.1) is 0 Å². The van der Waals surface area contributed by atoms with Crippen LogP contribution in [0.2, 0.25) is 0 Å². The van der Waals surface area contributed by atoms with Gasteiger partial charge < -0.3 is 45.1 Å². The fourth-order valence-corrected chi connectivity index (χ4v) is 8.83. The number of aliphatic hydroxyl groups excluding tert-OH is 5. The number of ether oxygens (including phenoxy) is 3. The van der Waals surface area contributed by atoms with Gasteiger partial charge in [0.15, 0.2) is 6.29 Å². The first-order valence-corrected chi connectivity index (χ1v) is 29.6. The second kappa shape index (κ2) is 50.5. The van der Waals surface area contributed by atoms with E-state index in [2.05, 4.69) is 67.8 Å². The van der Waals surface area contributed by atoms with Crippen molar-refractivity contribution in [3.63, 3.8) is 0 Å². The van der Waals surface area contributed by atoms with Crippen LogP contribution in [0.4, 0.5) is 0 Å². The van der Waals surface area contributed by atoms with E-state index in [4.69, 9.17) is 14.2 Å². The Labute approximate surface area is 439 Å². The fourth-order valence-electron chi connectivity index (χ4n) is 8.83. The molecule has 6 N–H and O–H groups in total. The largest absolute Gasteiger partial charge is 0.466 e. The first-order valence-electron chi connectivity index (χ1n) is 29.6. The van der Waals surface area contributed by atoms with Crippen LogP contribution in [-0.4, -0.2) is 100 Å². The van der Waals surface area contributed by atoms with Gasteiger partial charge in [-0.1, -0.05) is 190 Å². The summed E-state index contributed by atoms with van der Waals surface area (Å²) in [6.07, 6.45) is 54.4. The zero-order chi connectivity index (χ0) is 52.4. The predicted octanol–water partition coefficient (Wildman–Crippen LogP) is 13.4. The lowest BCUT2D eigenvalue weighted by molar-refractivity contribution is -0.302. The summed E-state index contributed by atoms with van der Waals surface area (Å²) in [5, 5.41) is 54.4. The zero-order valence-electron chi connectivity index (χ0n) is 45.9. The second-order valence-electron chi connectivity index (χ2n) is 20.3. The van der Waals surface area contributed by atoms with Gasteiger partial charge in [-0.05, 0) is 109 Å². The minimum Gasteiger partial charge on any atom is -0.466 e. The molecule has 1 aliphatic heterocycles. The molecule has 11 heteroatoms. The van der Waals surface area contributed by atoms with Gasteiger partial charge in [-0.2, -0.15) is 0 Å². The van der Waals surface area contributed by atoms with E-state index < -0.39 is 49.5 Å². The molecule has 1 heterocycles. The van der Waals surface area contributed by atoms with Crippen LogP contribution in [0, 0.1) is 0 Å². The number of carbonyl (C=O) groups is 2. The highest BCUT2D eigenvalue weighted by atomic mass is 16.7. The maximum absolute atomic E-state index is 13.0. The first kappa shape index (κ1) is 67.4. The Morgan fingerprint density at radius 3 is 1.49 bits per heavy atom. The summed E-state index contributed by atoms with van der Waals surface area (Å²) in [5.74, 6) is -0.253. The molecule has 1 fully saturated rings. The molecular weight excluding hydrogens is 907 g/mol. The van der Waals surface area contributed by atoms with E-state index in [1.807, 2.05) is 6.08 Å². The summed E-state index contributed by atoms with van der Waals surface area (Å²) >= 11 is 0. The predicted molar refractivity (Wildman–Crippen MR) is 296 cm³/mol. The van der Waals surface area contributed by atoms with Crippen molar-refractivity contribution in [3.05, 3.63) is 60.8 Å². The lowest BCUT2D eigenvalue weighted by Gasteiger charge is -2.40. The summed E-state index contributed by atoms with van der Waals surface area (Å²) in [7, 11) is 0. The van der Waals surface area contributed by atoms with Crippen molar-refractivity contribution in [2.75, 3.05) is 19.8 Å². The SMILES string of the molecule is CCCCC/C=C\CCCCCCCC(=O)OCCCCC/C=C\C/C=C\CCCCCCCCCC(=O)NC(COC1OC(CO)C(O)C(O)C1O)C(O)/C=C/CC/C=C/CCCCCCCCCCC. The minimum atomic E-state index is -1.58. The van der Waals surface area contributed by atoms with Gasteiger partial charge in [0.05, 0.1) is 32.0 Å². The van der Waals surface area contributed by atoms with Crippen LogP contribution in [0.15, 0.2) is 60.8 Å². The van der Waals surface area contributed by atoms with Crippen molar-refractivity contribution in [2.24, 2.45) is 0 Å². The molecule has 0 bridgehead atoms. The molecule has 0 aromatic heterocycles. The highest BCUT2D eigenvalue weighted by Crippen LogP contribution is 2.23. The maximum atomic E-state index is 13.0. The molecular formula is C61H109NO10. The molecule has 0 aromatic carbocycles. The van der Waals surface area contributed by atoms with Gasteiger partial charge in [0, 0.05) is 12.8 Å². The van der Waals surface area contributed by atoms with E-state index in [9.17, 15) is 35.1 Å². The highest BCUT2D eigenvalue weighted by Gasteiger charge is 2.44. The average Bonchev–Trinajstić information content (AvgIpc) is 3.38. The third-order valence-electron chi connectivity index (χ3n) is 13.6. The first-order chi connectivity index (χ1) is 35.2. The van der Waals surface area contributed by atoms with Crippen LogP contribution in [0.3, 0.4) is 0 Å². The standard InChI is InChI=1S/C61H109NO10/c1-3-5-7-9-11-13-15-17-21-24-27-31-35-39-43-47-54(64)53(52-71-61-60(69)59(68)58(67)55(51-63)72-61)62-56(65)48-44-40-36-32-28-25-22-19-18-20-23-26-30-34-38-42-46-50-70-57(66)49-45-41-37-33-29-16-14-12-10-8-6-4-2/h12,14,18,20,26-27,30-31,43,47,53-55,58-61,63-64,67-69H,3-11,13,15-17,19,21-25,28-29,32-42,44-46,48-52H2,1-2H3,(H,62,65)/b14-12-,20-18-,30-26-,31-27+,47-43+. The van der Waals surface area contributed by atoms with Gasteiger partial charge >= 0.3 is 5.97 Å². The van der Waals surface area contributed by atoms with Crippen LogP contribution in [-0.2, 0) is 23.8 Å². The number of rotatable bonds is 50. The third-order valence-corrected chi connectivity index (χ3v) is 13.6. The zero-order valence-corrected chi connectivity index (χ0v) is 45.9. The molecule has 11 nitrogen and oxygen atoms in total. The Bertz CT molecular complexity index is 1380. The molecule has 1 amide bonds. The molecule has 0 aromatic rings. The van der Waals surface area contributed by atoms with Gasteiger partial charge in [0.2, 0.25) is 5.91 Å². The van der Waals surface area contributed by atoms with Crippen molar-refractivity contribution in [3.8, 4) is 0 Å². The van der Waals surface area contributed by atoms with Crippen LogP contribution in [0.1, 0.15) is 251 Å². The summed E-state index contributed by atoms with van der Waals surface area (Å²) < 4.78 is 16.7. The topological polar surface area (TPSA) is 175 Å². The van der Waals surface area contributed by atoms with Crippen LogP contribution >= 0.6 is 0 Å². The molecule has 418 valence electrons. The molecule has 72 heavy (non-hydrogen) atoms. The summed E-state index contributed by atoms with van der Waals surface area (Å²) in [4.78, 5) is 25.1. The van der Waals surface area contributed by atoms with E-state index in [1.54, 1.807) is 6.08 Å². The lowest BCUT2D eigenvalue weighted by atomic mass is 9.99. The van der Waals surface area contributed by atoms with Crippen molar-refractivity contribution in [1.29, 1.82) is 0 Å². The second-order valence-corrected chi connectivity index (χ2v) is 20.3. The molecule has 0 spiro atoms.